The molecule has 2 N–H and O–H groups in total. The van der Waals surface area contributed by atoms with E-state index in [1.54, 1.807) is 24.4 Å². The Kier molecular flexibility index (Phi) is 5.51. The lowest BCUT2D eigenvalue weighted by Crippen LogP contribution is -2.29. The lowest BCUT2D eigenvalue weighted by Gasteiger charge is -2.18. The monoisotopic (exact) mass is 353 g/mol. The number of carbonyl (C=O) groups is 2. The summed E-state index contributed by atoms with van der Waals surface area (Å²) in [5, 5.41) is 0. The zero-order valence-corrected chi connectivity index (χ0v) is 14.9. The number of hydrogen-bond donors (Lipinski definition) is 1. The van der Waals surface area contributed by atoms with Gasteiger partial charge in [0.2, 0.25) is 11.8 Å². The molecular weight excluding hydrogens is 330 g/mol. The van der Waals surface area contributed by atoms with Crippen molar-refractivity contribution in [2.75, 3.05) is 19.7 Å². The molecule has 3 rings (SSSR count). The summed E-state index contributed by atoms with van der Waals surface area (Å²) in [6.45, 7) is 3.73. The van der Waals surface area contributed by atoms with Gasteiger partial charge in [0.1, 0.15) is 5.56 Å². The Morgan fingerprint density at radius 3 is 2.92 bits per heavy atom. The molecule has 0 spiro atoms. The number of ether oxygens (including phenoxy) is 1. The van der Waals surface area contributed by atoms with Gasteiger partial charge in [0.05, 0.1) is 6.61 Å². The summed E-state index contributed by atoms with van der Waals surface area (Å²) in [4.78, 5) is 30.2. The van der Waals surface area contributed by atoms with Crippen LogP contribution in [0.2, 0.25) is 0 Å². The van der Waals surface area contributed by atoms with E-state index in [0.717, 1.165) is 18.4 Å². The third-order valence-electron chi connectivity index (χ3n) is 4.59. The van der Waals surface area contributed by atoms with Gasteiger partial charge in [-0.2, -0.15) is 0 Å². The Morgan fingerprint density at radius 2 is 2.15 bits per heavy atom. The fraction of sp³-hybridized carbons (Fsp3) is 0.350. The van der Waals surface area contributed by atoms with Gasteiger partial charge < -0.3 is 15.4 Å². The fourth-order valence-electron chi connectivity index (χ4n) is 3.34. The molecule has 6 heteroatoms. The van der Waals surface area contributed by atoms with Crippen molar-refractivity contribution < 1.29 is 14.3 Å². The van der Waals surface area contributed by atoms with Crippen molar-refractivity contribution in [1.82, 2.24) is 9.88 Å². The van der Waals surface area contributed by atoms with Crippen LogP contribution in [0, 0.1) is 5.92 Å². The first-order chi connectivity index (χ1) is 12.6. The molecule has 0 bridgehead atoms. The number of hydrogen-bond acceptors (Lipinski definition) is 4. The number of amides is 2. The summed E-state index contributed by atoms with van der Waals surface area (Å²) in [5.41, 5.74) is 7.44. The maximum Gasteiger partial charge on any atom is 0.259 e. The quantitative estimate of drug-likeness (QED) is 0.863. The minimum absolute atomic E-state index is 0.0464. The molecular formula is C20H23N3O3. The standard InChI is InChI=1S/C20H23N3O3/c1-2-26-19-17(7-4-9-22-19)20(25)23-10-8-15(13-23)11-14-5-3-6-16(12-14)18(21)24/h3-7,9,12,15H,2,8,10-11,13H2,1H3,(H2,21,24)/t15-/m0/s1. The molecule has 1 saturated heterocycles. The summed E-state index contributed by atoms with van der Waals surface area (Å²) < 4.78 is 5.47. The Bertz CT molecular complexity index is 806. The van der Waals surface area contributed by atoms with Crippen LogP contribution in [0.25, 0.3) is 0 Å². The molecule has 26 heavy (non-hydrogen) atoms. The molecule has 1 aliphatic heterocycles. The summed E-state index contributed by atoms with van der Waals surface area (Å²) in [5.74, 6) is 0.275. The van der Waals surface area contributed by atoms with Crippen LogP contribution in [0.3, 0.4) is 0 Å². The highest BCUT2D eigenvalue weighted by molar-refractivity contribution is 5.96. The first kappa shape index (κ1) is 17.9. The van der Waals surface area contributed by atoms with Gasteiger partial charge in [0.25, 0.3) is 5.91 Å². The molecule has 0 aliphatic carbocycles. The van der Waals surface area contributed by atoms with Crippen LogP contribution in [0.5, 0.6) is 5.88 Å². The van der Waals surface area contributed by atoms with Gasteiger partial charge in [0, 0.05) is 24.8 Å². The molecule has 2 heterocycles. The molecule has 136 valence electrons. The molecule has 0 radical (unpaired) electrons. The third kappa shape index (κ3) is 4.02. The van der Waals surface area contributed by atoms with E-state index in [1.165, 1.54) is 0 Å². The van der Waals surface area contributed by atoms with Crippen molar-refractivity contribution in [3.05, 3.63) is 59.3 Å². The molecule has 6 nitrogen and oxygen atoms in total. The van der Waals surface area contributed by atoms with Gasteiger partial charge in [0.15, 0.2) is 0 Å². The fourth-order valence-corrected chi connectivity index (χ4v) is 3.34. The van der Waals surface area contributed by atoms with E-state index >= 15 is 0 Å². The highest BCUT2D eigenvalue weighted by atomic mass is 16.5. The van der Waals surface area contributed by atoms with Crippen LogP contribution in [0.4, 0.5) is 0 Å². The maximum atomic E-state index is 12.8. The summed E-state index contributed by atoms with van der Waals surface area (Å²) in [6.07, 6.45) is 3.37. The van der Waals surface area contributed by atoms with Crippen molar-refractivity contribution in [1.29, 1.82) is 0 Å². The molecule has 0 saturated carbocycles. The number of aromatic nitrogens is 1. The van der Waals surface area contributed by atoms with Crippen molar-refractivity contribution in [3.63, 3.8) is 0 Å². The van der Waals surface area contributed by atoms with Crippen LogP contribution < -0.4 is 10.5 Å². The number of rotatable bonds is 6. The van der Waals surface area contributed by atoms with Gasteiger partial charge in [-0.05, 0) is 55.5 Å². The minimum atomic E-state index is -0.421. The van der Waals surface area contributed by atoms with Gasteiger partial charge in [-0.25, -0.2) is 4.98 Å². The van der Waals surface area contributed by atoms with Crippen molar-refractivity contribution in [3.8, 4) is 5.88 Å². The molecule has 2 aromatic rings. The smallest absolute Gasteiger partial charge is 0.259 e. The maximum absolute atomic E-state index is 12.8. The summed E-state index contributed by atoms with van der Waals surface area (Å²) in [6, 6.07) is 10.9. The highest BCUT2D eigenvalue weighted by Crippen LogP contribution is 2.25. The molecule has 1 aromatic heterocycles. The number of carbonyl (C=O) groups excluding carboxylic acids is 2. The molecule has 1 aliphatic rings. The second kappa shape index (κ2) is 7.99. The predicted octanol–water partition coefficient (Wildman–Crippen LogP) is 2.28. The van der Waals surface area contributed by atoms with Gasteiger partial charge in [-0.1, -0.05) is 12.1 Å². The minimum Gasteiger partial charge on any atom is -0.477 e. The van der Waals surface area contributed by atoms with Crippen LogP contribution in [-0.4, -0.2) is 41.4 Å². The van der Waals surface area contributed by atoms with Crippen molar-refractivity contribution in [2.24, 2.45) is 11.7 Å². The van der Waals surface area contributed by atoms with Crippen LogP contribution >= 0.6 is 0 Å². The lowest BCUT2D eigenvalue weighted by atomic mass is 9.97. The average molecular weight is 353 g/mol. The zero-order valence-electron chi connectivity index (χ0n) is 14.9. The summed E-state index contributed by atoms with van der Waals surface area (Å²) >= 11 is 0. The van der Waals surface area contributed by atoms with E-state index in [1.807, 2.05) is 30.0 Å². The van der Waals surface area contributed by atoms with E-state index in [4.69, 9.17) is 10.5 Å². The topological polar surface area (TPSA) is 85.5 Å². The first-order valence-electron chi connectivity index (χ1n) is 8.84. The summed E-state index contributed by atoms with van der Waals surface area (Å²) in [7, 11) is 0. The Morgan fingerprint density at radius 1 is 1.31 bits per heavy atom. The predicted molar refractivity (Wildman–Crippen MR) is 98.1 cm³/mol. The normalized spacial score (nSPS) is 16.5. The van der Waals surface area contributed by atoms with Crippen molar-refractivity contribution >= 4 is 11.8 Å². The van der Waals surface area contributed by atoms with Gasteiger partial charge in [-0.15, -0.1) is 0 Å². The average Bonchev–Trinajstić information content (AvgIpc) is 3.10. The zero-order chi connectivity index (χ0) is 18.5. The molecule has 1 fully saturated rings. The molecule has 1 aromatic carbocycles. The number of benzene rings is 1. The van der Waals surface area contributed by atoms with Crippen LogP contribution in [0.1, 0.15) is 39.6 Å². The Labute approximate surface area is 153 Å². The number of nitrogens with two attached hydrogens (primary N) is 1. The number of primary amides is 1. The lowest BCUT2D eigenvalue weighted by molar-refractivity contribution is 0.0781. The van der Waals surface area contributed by atoms with E-state index < -0.39 is 5.91 Å². The Hall–Kier alpha value is -2.89. The molecule has 0 unspecified atom stereocenters. The number of pyridine rings is 1. The first-order valence-corrected chi connectivity index (χ1v) is 8.84. The van der Waals surface area contributed by atoms with E-state index in [-0.39, 0.29) is 5.91 Å². The van der Waals surface area contributed by atoms with Crippen LogP contribution in [0.15, 0.2) is 42.6 Å². The van der Waals surface area contributed by atoms with Gasteiger partial charge >= 0.3 is 0 Å². The van der Waals surface area contributed by atoms with E-state index in [9.17, 15) is 9.59 Å². The number of nitrogens with zero attached hydrogens (tertiary/aromatic N) is 2. The SMILES string of the molecule is CCOc1ncccc1C(=O)N1CC[C@@H](Cc2cccc(C(N)=O)c2)C1. The second-order valence-electron chi connectivity index (χ2n) is 6.46. The molecule has 1 atom stereocenters. The second-order valence-corrected chi connectivity index (χ2v) is 6.46. The molecule has 2 amide bonds. The van der Waals surface area contributed by atoms with E-state index in [2.05, 4.69) is 4.98 Å². The van der Waals surface area contributed by atoms with E-state index in [0.29, 0.717) is 42.6 Å². The Balaban J connectivity index is 1.66. The highest BCUT2D eigenvalue weighted by Gasteiger charge is 2.29. The third-order valence-corrected chi connectivity index (χ3v) is 4.59. The van der Waals surface area contributed by atoms with Gasteiger partial charge in [-0.3, -0.25) is 9.59 Å². The largest absolute Gasteiger partial charge is 0.477 e. The van der Waals surface area contributed by atoms with Crippen molar-refractivity contribution in [2.45, 2.75) is 19.8 Å². The number of likely N-dealkylation sites (tertiary alicyclic amines) is 1. The van der Waals surface area contributed by atoms with Crippen LogP contribution in [-0.2, 0) is 6.42 Å².